The summed E-state index contributed by atoms with van der Waals surface area (Å²) in [6.45, 7) is -2.69. The molecule has 0 saturated heterocycles. The average molecular weight is 1420 g/mol. The molecular weight excluding hydrogens is 1340 g/mol. The number of imidazole rings is 1. The number of carboxylic acid groups (broad SMARTS) is 3. The fourth-order valence-corrected chi connectivity index (χ4v) is 10.5. The summed E-state index contributed by atoms with van der Waals surface area (Å²) in [6, 6.07) is 17.3. The fraction of sp³-hybridized carbons (Fsp3) is 0.338. The molecule has 19 N–H and O–H groups in total. The zero-order chi connectivity index (χ0) is 72.8. The van der Waals surface area contributed by atoms with Crippen LogP contribution in [0, 0.1) is 0 Å². The van der Waals surface area contributed by atoms with Crippen molar-refractivity contribution in [3.8, 4) is 0 Å². The number of hydrogen-bond acceptors (Lipinski definition) is 19. The van der Waals surface area contributed by atoms with Gasteiger partial charge in [-0.3, -0.25) is 62.3 Å². The zero-order valence-electron chi connectivity index (χ0n) is 53.4. The Morgan fingerprint density at radius 3 is 1.34 bits per heavy atom. The van der Waals surface area contributed by atoms with Gasteiger partial charge in [-0.15, -0.1) is 0 Å². The summed E-state index contributed by atoms with van der Waals surface area (Å²) in [6.07, 6.45) is 1.44. The van der Waals surface area contributed by atoms with Gasteiger partial charge in [-0.2, -0.15) is 25.3 Å². The SMILES string of the molecule is N[C@@H](Cc1ccccc1)C(=O)N[C@@H](Cc1ccccc1)C(=O)N[C@@H](CS)C(=O)N[C@@H](CO)C(=O)N[C@@H](Cc1ccccc1)C(=O)N[C@@H](Cc1c[nH]c2ccccc12)C(=O)N[C@@H](Cc1cnc[nH]1)C(=O)NCC(=O)NCC(=O)N[C@@H](CS)C(=O)N[C@@H](CC(=O)O)C(=O)N[C@@H](CC(=O)O)C(=O)O. The van der Waals surface area contributed by atoms with E-state index in [-0.39, 0.29) is 37.9 Å². The number of benzene rings is 4. The third-order valence-electron chi connectivity index (χ3n) is 15.2. The Hall–Kier alpha value is -11.2. The van der Waals surface area contributed by atoms with Crippen LogP contribution in [0.5, 0.6) is 0 Å². The minimum absolute atomic E-state index is 0.0177. The first kappa shape index (κ1) is 77.8. The van der Waals surface area contributed by atoms with Gasteiger partial charge in [0.1, 0.15) is 54.4 Å². The van der Waals surface area contributed by atoms with E-state index in [1.165, 1.54) is 12.5 Å². The zero-order valence-corrected chi connectivity index (χ0v) is 55.2. The van der Waals surface area contributed by atoms with Crippen LogP contribution < -0.4 is 64.2 Å². The van der Waals surface area contributed by atoms with Crippen LogP contribution in [0.2, 0.25) is 0 Å². The molecule has 4 aromatic carbocycles. The molecule has 0 aliphatic rings. The number of aliphatic hydroxyl groups excluding tert-OH is 1. The molecule has 0 unspecified atom stereocenters. The van der Waals surface area contributed by atoms with Crippen molar-refractivity contribution in [3.05, 3.63) is 162 Å². The summed E-state index contributed by atoms with van der Waals surface area (Å²) in [7, 11) is 0. The number of carbonyl (C=O) groups is 14. The number of amides is 11. The Kier molecular flexibility index (Phi) is 30.6. The first-order valence-electron chi connectivity index (χ1n) is 31.0. The molecule has 2 heterocycles. The monoisotopic (exact) mass is 1420 g/mol. The fourth-order valence-electron chi connectivity index (χ4n) is 9.94. The number of carboxylic acids is 3. The second kappa shape index (κ2) is 39.3. The lowest BCUT2D eigenvalue weighted by Crippen LogP contribution is -2.61. The van der Waals surface area contributed by atoms with Gasteiger partial charge in [0, 0.05) is 66.2 Å². The molecule has 6 rings (SSSR count). The van der Waals surface area contributed by atoms with Gasteiger partial charge in [-0.05, 0) is 34.7 Å². The Balaban J connectivity index is 1.14. The van der Waals surface area contributed by atoms with Gasteiger partial charge in [0.2, 0.25) is 65.0 Å². The lowest BCUT2D eigenvalue weighted by atomic mass is 10.0. The second-order valence-corrected chi connectivity index (χ2v) is 23.4. The highest BCUT2D eigenvalue weighted by atomic mass is 32.1. The van der Waals surface area contributed by atoms with Gasteiger partial charge in [0.15, 0.2) is 0 Å². The summed E-state index contributed by atoms with van der Waals surface area (Å²) >= 11 is 8.31. The quantitative estimate of drug-likeness (QED) is 0.0164. The molecule has 0 saturated carbocycles. The van der Waals surface area contributed by atoms with Gasteiger partial charge in [0.25, 0.3) is 0 Å². The van der Waals surface area contributed by atoms with E-state index in [2.05, 4.69) is 88.1 Å². The summed E-state index contributed by atoms with van der Waals surface area (Å²) < 4.78 is 0. The summed E-state index contributed by atoms with van der Waals surface area (Å²) in [4.78, 5) is 196. The molecule has 6 aromatic rings. The molecule has 10 atom stereocenters. The van der Waals surface area contributed by atoms with Crippen LogP contribution in [0.4, 0.5) is 0 Å². The van der Waals surface area contributed by atoms with Crippen molar-refractivity contribution in [2.24, 2.45) is 5.73 Å². The molecule has 35 heteroatoms. The molecule has 11 amide bonds. The van der Waals surface area contributed by atoms with Gasteiger partial charge in [-0.25, -0.2) is 9.78 Å². The van der Waals surface area contributed by atoms with E-state index in [0.29, 0.717) is 33.3 Å². The van der Waals surface area contributed by atoms with Crippen molar-refractivity contribution in [2.45, 2.75) is 105 Å². The predicted octanol–water partition coefficient (Wildman–Crippen LogP) is -3.79. The molecule has 0 spiro atoms. The number of aliphatic carboxylic acids is 3. The smallest absolute Gasteiger partial charge is 0.326 e. The van der Waals surface area contributed by atoms with Crippen molar-refractivity contribution in [3.63, 3.8) is 0 Å². The van der Waals surface area contributed by atoms with Crippen molar-refractivity contribution >= 4 is 119 Å². The number of nitrogens with one attached hydrogen (secondary N) is 13. The van der Waals surface area contributed by atoms with Crippen LogP contribution in [0.3, 0.4) is 0 Å². The van der Waals surface area contributed by atoms with Crippen molar-refractivity contribution in [1.29, 1.82) is 0 Å². The second-order valence-electron chi connectivity index (χ2n) is 22.7. The van der Waals surface area contributed by atoms with Crippen LogP contribution in [0.25, 0.3) is 10.9 Å². The van der Waals surface area contributed by atoms with Crippen LogP contribution in [0.1, 0.15) is 40.8 Å². The van der Waals surface area contributed by atoms with E-state index in [0.717, 1.165) is 5.56 Å². The maximum absolute atomic E-state index is 14.8. The third-order valence-corrected chi connectivity index (χ3v) is 15.9. The Bertz CT molecular complexity index is 3830. The molecule has 100 heavy (non-hydrogen) atoms. The number of aromatic amines is 2. The van der Waals surface area contributed by atoms with Crippen molar-refractivity contribution in [2.75, 3.05) is 31.2 Å². The molecule has 0 fully saturated rings. The number of H-pyrrole nitrogens is 2. The molecule has 0 bridgehead atoms. The number of carbonyl (C=O) groups excluding carboxylic acids is 11. The molecule has 33 nitrogen and oxygen atoms in total. The van der Waals surface area contributed by atoms with Gasteiger partial charge < -0.3 is 94.6 Å². The Morgan fingerprint density at radius 2 is 0.830 bits per heavy atom. The molecule has 0 aliphatic carbocycles. The molecular formula is C65H77N15O18S2. The predicted molar refractivity (Wildman–Crippen MR) is 363 cm³/mol. The van der Waals surface area contributed by atoms with E-state index in [1.807, 2.05) is 16.7 Å². The van der Waals surface area contributed by atoms with Gasteiger partial charge in [0.05, 0.1) is 44.9 Å². The van der Waals surface area contributed by atoms with E-state index in [1.54, 1.807) is 115 Å². The van der Waals surface area contributed by atoms with Crippen molar-refractivity contribution < 1.29 is 87.5 Å². The van der Waals surface area contributed by atoms with Crippen LogP contribution >= 0.6 is 25.3 Å². The first-order chi connectivity index (χ1) is 47.8. The normalized spacial score (nSPS) is 14.0. The first-order valence-corrected chi connectivity index (χ1v) is 32.3. The summed E-state index contributed by atoms with van der Waals surface area (Å²) in [5.74, 6) is -16.8. The largest absolute Gasteiger partial charge is 0.481 e. The topological polar surface area (TPSA) is 523 Å². The number of para-hydroxylation sites is 1. The van der Waals surface area contributed by atoms with Crippen LogP contribution in [0.15, 0.2) is 134 Å². The number of fused-ring (bicyclic) bond motifs is 1. The van der Waals surface area contributed by atoms with Gasteiger partial charge >= 0.3 is 17.9 Å². The highest BCUT2D eigenvalue weighted by molar-refractivity contribution is 7.80. The third kappa shape index (κ3) is 25.0. The van der Waals surface area contributed by atoms with Crippen molar-refractivity contribution in [1.82, 2.24) is 73.4 Å². The summed E-state index contributed by atoms with van der Waals surface area (Å²) in [5, 5.41) is 65.3. The number of aromatic nitrogens is 3. The Morgan fingerprint density at radius 1 is 0.420 bits per heavy atom. The van der Waals surface area contributed by atoms with E-state index < -0.39 is 182 Å². The number of thiol groups is 2. The molecule has 532 valence electrons. The van der Waals surface area contributed by atoms with E-state index in [4.69, 9.17) is 10.8 Å². The number of aliphatic hydroxyl groups is 1. The average Bonchev–Trinajstić information content (AvgIpc) is 1.60. The van der Waals surface area contributed by atoms with Crippen LogP contribution in [-0.4, -0.2) is 210 Å². The molecule has 0 radical (unpaired) electrons. The number of rotatable bonds is 40. The highest BCUT2D eigenvalue weighted by Crippen LogP contribution is 2.20. The minimum atomic E-state index is -2.00. The highest BCUT2D eigenvalue weighted by Gasteiger charge is 2.36. The number of nitrogens with zero attached hydrogens (tertiary/aromatic N) is 1. The molecule has 2 aromatic heterocycles. The van der Waals surface area contributed by atoms with E-state index in [9.17, 15) is 82.4 Å². The van der Waals surface area contributed by atoms with E-state index >= 15 is 0 Å². The minimum Gasteiger partial charge on any atom is -0.481 e. The standard InChI is InChI=1S/C65H77N15O18S2/c66-41(20-35-12-4-1-5-13-35)56(88)73-43(21-36-14-6-2-7-15-36)59(91)80-51(33-100)64(96)79-49(31-81)62(94)74-44(22-37-16-8-3-9-17-37)58(90)75-45(23-38-27-68-42-19-11-10-18-40(38)42)60(92)76-46(24-39-28-67-34-71-39)57(89)70-29-52(82)69-30-53(83)72-50(32-99)63(95)77-47(25-54(84)85)61(93)78-48(65(97)98)26-55(86)87/h1-19,27-28,34,41,43-51,68,81,99-100H,20-26,29-33,66H2,(H,67,71)(H,69,82)(H,70,89)(H,72,83)(H,73,88)(H,74,94)(H,75,90)(H,76,92)(H,77,95)(H,78,93)(H,79,96)(H,80,91)(H,84,85)(H,86,87)(H,97,98)/t41-,43-,44-,45-,46-,47-,48-,49-,50-,51-/m0/s1. The lowest BCUT2D eigenvalue weighted by Gasteiger charge is -2.27. The van der Waals surface area contributed by atoms with Crippen LogP contribution in [-0.2, 0) is 99.2 Å². The number of hydrogen-bond donors (Lipinski definition) is 20. The Labute approximate surface area is 581 Å². The maximum Gasteiger partial charge on any atom is 0.326 e. The lowest BCUT2D eigenvalue weighted by molar-refractivity contribution is -0.148. The number of nitrogens with two attached hydrogens (primary N) is 1. The van der Waals surface area contributed by atoms with Gasteiger partial charge in [-0.1, -0.05) is 109 Å². The maximum atomic E-state index is 14.8. The summed E-state index contributed by atoms with van der Waals surface area (Å²) in [5.41, 5.74) is 9.70. The molecule has 0 aliphatic heterocycles.